The van der Waals surface area contributed by atoms with Crippen molar-refractivity contribution in [1.29, 1.82) is 0 Å². The number of carbonyl (C=O) groups excluding carboxylic acids is 1. The van der Waals surface area contributed by atoms with E-state index in [9.17, 15) is 4.79 Å². The summed E-state index contributed by atoms with van der Waals surface area (Å²) in [5.41, 5.74) is 5.34. The lowest BCUT2D eigenvalue weighted by Crippen LogP contribution is -2.19. The second kappa shape index (κ2) is 9.05. The molecule has 0 bridgehead atoms. The van der Waals surface area contributed by atoms with Gasteiger partial charge in [0.25, 0.3) is 0 Å². The molecule has 1 heterocycles. The molecule has 2 N–H and O–H groups in total. The zero-order valence-electron chi connectivity index (χ0n) is 17.4. The maximum Gasteiger partial charge on any atom is 0.325 e. The zero-order valence-corrected chi connectivity index (χ0v) is 18.2. The first-order chi connectivity index (χ1) is 13.8. The summed E-state index contributed by atoms with van der Waals surface area (Å²) in [6.07, 6.45) is 0. The molecule has 0 fully saturated rings. The highest BCUT2D eigenvalue weighted by atomic mass is 32.1. The maximum atomic E-state index is 12.2. The lowest BCUT2D eigenvalue weighted by atomic mass is 10.0. The standard InChI is InChI=1S/C22H26N4O2S/c1-13(2)18-9-6-14(3)10-19(18)28-12-20-25-26-22(29-20)24-21(27)23-17-8-7-15(4)16(5)11-17/h6-11,13H,12H2,1-5H3,(H2,23,24,26,27). The summed E-state index contributed by atoms with van der Waals surface area (Å²) in [5, 5.41) is 14.8. The molecule has 1 aromatic heterocycles. The van der Waals surface area contributed by atoms with Crippen LogP contribution in [0.15, 0.2) is 36.4 Å². The molecule has 0 spiro atoms. The van der Waals surface area contributed by atoms with Crippen LogP contribution in [0, 0.1) is 20.8 Å². The van der Waals surface area contributed by atoms with Gasteiger partial charge in [-0.25, -0.2) is 4.79 Å². The molecule has 2 amide bonds. The van der Waals surface area contributed by atoms with Gasteiger partial charge in [0.05, 0.1) is 0 Å². The van der Waals surface area contributed by atoms with E-state index in [1.165, 1.54) is 16.9 Å². The average Bonchev–Trinajstić information content (AvgIpc) is 3.10. The second-order valence-corrected chi connectivity index (χ2v) is 8.43. The van der Waals surface area contributed by atoms with E-state index < -0.39 is 0 Å². The highest BCUT2D eigenvalue weighted by Crippen LogP contribution is 2.28. The highest BCUT2D eigenvalue weighted by Gasteiger charge is 2.12. The van der Waals surface area contributed by atoms with Crippen molar-refractivity contribution in [2.45, 2.75) is 47.1 Å². The third-order valence-corrected chi connectivity index (χ3v) is 5.41. The number of ether oxygens (including phenoxy) is 1. The number of aryl methyl sites for hydroxylation is 3. The first-order valence-corrected chi connectivity index (χ1v) is 10.3. The fraction of sp³-hybridized carbons (Fsp3) is 0.318. The number of rotatable bonds is 6. The van der Waals surface area contributed by atoms with Crippen LogP contribution in [0.4, 0.5) is 15.6 Å². The van der Waals surface area contributed by atoms with Crippen LogP contribution in [0.3, 0.4) is 0 Å². The number of hydrogen-bond donors (Lipinski definition) is 2. The van der Waals surface area contributed by atoms with Gasteiger partial charge >= 0.3 is 6.03 Å². The Balaban J connectivity index is 1.59. The van der Waals surface area contributed by atoms with Gasteiger partial charge < -0.3 is 10.1 Å². The molecule has 3 rings (SSSR count). The van der Waals surface area contributed by atoms with E-state index in [4.69, 9.17) is 4.74 Å². The molecule has 7 heteroatoms. The van der Waals surface area contributed by atoms with Gasteiger partial charge in [0, 0.05) is 5.69 Å². The van der Waals surface area contributed by atoms with E-state index in [-0.39, 0.29) is 6.03 Å². The normalized spacial score (nSPS) is 10.8. The summed E-state index contributed by atoms with van der Waals surface area (Å²) in [5.74, 6) is 1.23. The average molecular weight is 411 g/mol. The molecule has 0 radical (unpaired) electrons. The molecule has 0 aliphatic heterocycles. The van der Waals surface area contributed by atoms with Crippen molar-refractivity contribution >= 4 is 28.2 Å². The number of anilines is 2. The molecule has 3 aromatic rings. The molecule has 0 saturated carbocycles. The Morgan fingerprint density at radius 2 is 1.83 bits per heavy atom. The number of amides is 2. The number of carbonyl (C=O) groups is 1. The van der Waals surface area contributed by atoms with E-state index in [1.54, 1.807) is 0 Å². The largest absolute Gasteiger partial charge is 0.486 e. The Morgan fingerprint density at radius 3 is 2.55 bits per heavy atom. The molecule has 0 unspecified atom stereocenters. The summed E-state index contributed by atoms with van der Waals surface area (Å²) in [6, 6.07) is 11.6. The first-order valence-electron chi connectivity index (χ1n) is 9.53. The van der Waals surface area contributed by atoms with E-state index in [0.717, 1.165) is 28.1 Å². The van der Waals surface area contributed by atoms with E-state index in [0.29, 0.717) is 22.7 Å². The van der Waals surface area contributed by atoms with Crippen LogP contribution < -0.4 is 15.4 Å². The van der Waals surface area contributed by atoms with Crippen LogP contribution in [-0.2, 0) is 6.61 Å². The Kier molecular flexibility index (Phi) is 6.49. The Labute approximate surface area is 175 Å². The number of nitrogens with one attached hydrogen (secondary N) is 2. The van der Waals surface area contributed by atoms with Gasteiger partial charge in [-0.05, 0) is 67.1 Å². The van der Waals surface area contributed by atoms with Crippen molar-refractivity contribution in [2.75, 3.05) is 10.6 Å². The van der Waals surface area contributed by atoms with E-state index in [1.807, 2.05) is 45.0 Å². The predicted octanol–water partition coefficient (Wildman–Crippen LogP) is 5.81. The van der Waals surface area contributed by atoms with Crippen molar-refractivity contribution < 1.29 is 9.53 Å². The Bertz CT molecular complexity index is 1010. The van der Waals surface area contributed by atoms with E-state index in [2.05, 4.69) is 46.8 Å². The molecule has 2 aromatic carbocycles. The van der Waals surface area contributed by atoms with Crippen LogP contribution in [0.5, 0.6) is 5.75 Å². The predicted molar refractivity (Wildman–Crippen MR) is 118 cm³/mol. The van der Waals surface area contributed by atoms with Gasteiger partial charge in [-0.3, -0.25) is 5.32 Å². The van der Waals surface area contributed by atoms with Crippen LogP contribution >= 0.6 is 11.3 Å². The number of aromatic nitrogens is 2. The summed E-state index contributed by atoms with van der Waals surface area (Å²) in [6.45, 7) is 10.7. The van der Waals surface area contributed by atoms with Gasteiger partial charge in [0.2, 0.25) is 5.13 Å². The van der Waals surface area contributed by atoms with Gasteiger partial charge in [-0.2, -0.15) is 0 Å². The molecule has 0 saturated heterocycles. The fourth-order valence-corrected chi connectivity index (χ4v) is 3.47. The molecule has 29 heavy (non-hydrogen) atoms. The van der Waals surface area contributed by atoms with Crippen LogP contribution in [-0.4, -0.2) is 16.2 Å². The summed E-state index contributed by atoms with van der Waals surface area (Å²) < 4.78 is 5.98. The molecule has 0 aliphatic carbocycles. The lowest BCUT2D eigenvalue weighted by Gasteiger charge is -2.13. The van der Waals surface area contributed by atoms with Crippen LogP contribution in [0.2, 0.25) is 0 Å². The third kappa shape index (κ3) is 5.54. The topological polar surface area (TPSA) is 76.1 Å². The van der Waals surface area contributed by atoms with Crippen molar-refractivity contribution in [1.82, 2.24) is 10.2 Å². The molecular weight excluding hydrogens is 384 g/mol. The minimum Gasteiger partial charge on any atom is -0.486 e. The maximum absolute atomic E-state index is 12.2. The molecular formula is C22H26N4O2S. The first kappa shape index (κ1) is 20.8. The second-order valence-electron chi connectivity index (χ2n) is 7.36. The third-order valence-electron chi connectivity index (χ3n) is 4.59. The van der Waals surface area contributed by atoms with Crippen LogP contribution in [0.25, 0.3) is 0 Å². The van der Waals surface area contributed by atoms with Crippen molar-refractivity contribution in [3.05, 3.63) is 63.7 Å². The van der Waals surface area contributed by atoms with Gasteiger partial charge in [-0.1, -0.05) is 43.4 Å². The molecule has 152 valence electrons. The molecule has 0 atom stereocenters. The number of nitrogens with zero attached hydrogens (tertiary/aromatic N) is 2. The van der Waals surface area contributed by atoms with Gasteiger partial charge in [-0.15, -0.1) is 10.2 Å². The summed E-state index contributed by atoms with van der Waals surface area (Å²) >= 11 is 1.30. The minimum absolute atomic E-state index is 0.307. The summed E-state index contributed by atoms with van der Waals surface area (Å²) in [7, 11) is 0. The van der Waals surface area contributed by atoms with Crippen molar-refractivity contribution in [2.24, 2.45) is 0 Å². The number of urea groups is 1. The zero-order chi connectivity index (χ0) is 21.0. The quantitative estimate of drug-likeness (QED) is 0.538. The summed E-state index contributed by atoms with van der Waals surface area (Å²) in [4.78, 5) is 12.2. The monoisotopic (exact) mass is 410 g/mol. The minimum atomic E-state index is -0.349. The van der Waals surface area contributed by atoms with E-state index >= 15 is 0 Å². The van der Waals surface area contributed by atoms with Gasteiger partial charge in [0.15, 0.2) is 5.01 Å². The fourth-order valence-electron chi connectivity index (χ4n) is 2.82. The lowest BCUT2D eigenvalue weighted by molar-refractivity contribution is 0.262. The number of hydrogen-bond acceptors (Lipinski definition) is 5. The molecule has 6 nitrogen and oxygen atoms in total. The van der Waals surface area contributed by atoms with Crippen LogP contribution in [0.1, 0.15) is 47.0 Å². The smallest absolute Gasteiger partial charge is 0.325 e. The van der Waals surface area contributed by atoms with Gasteiger partial charge in [0.1, 0.15) is 12.4 Å². The Hall–Kier alpha value is -2.93. The molecule has 0 aliphatic rings. The highest BCUT2D eigenvalue weighted by molar-refractivity contribution is 7.15. The SMILES string of the molecule is Cc1ccc(C(C)C)c(OCc2nnc(NC(=O)Nc3ccc(C)c(C)c3)s2)c1. The Morgan fingerprint density at radius 1 is 1.03 bits per heavy atom. The van der Waals surface area contributed by atoms with Crippen molar-refractivity contribution in [3.8, 4) is 5.75 Å². The number of benzene rings is 2. The van der Waals surface area contributed by atoms with Crippen molar-refractivity contribution in [3.63, 3.8) is 0 Å².